The Kier molecular flexibility index (Phi) is 2.66. The van der Waals surface area contributed by atoms with Crippen molar-refractivity contribution in [3.63, 3.8) is 0 Å². The number of hydrogen-bond donors (Lipinski definition) is 0. The second-order valence-corrected chi connectivity index (χ2v) is 6.45. The quantitative estimate of drug-likeness (QED) is 0.434. The molecule has 0 saturated carbocycles. The Morgan fingerprint density at radius 3 is 2.52 bits per heavy atom. The Balaban J connectivity index is 1.96. The molecule has 0 aliphatic carbocycles. The van der Waals surface area contributed by atoms with E-state index in [9.17, 15) is 0 Å². The third-order valence-corrected chi connectivity index (χ3v) is 5.17. The van der Waals surface area contributed by atoms with Crippen LogP contribution in [0.5, 0.6) is 0 Å². The van der Waals surface area contributed by atoms with Crippen molar-refractivity contribution in [3.8, 4) is 11.4 Å². The van der Waals surface area contributed by atoms with Crippen LogP contribution in [0.1, 0.15) is 0 Å². The van der Waals surface area contributed by atoms with Gasteiger partial charge in [-0.2, -0.15) is 0 Å². The lowest BCUT2D eigenvalue weighted by molar-refractivity contribution is 1.26. The molecule has 0 aliphatic heterocycles. The van der Waals surface area contributed by atoms with Crippen LogP contribution in [-0.4, -0.2) is 15.0 Å². The van der Waals surface area contributed by atoms with Gasteiger partial charge in [-0.25, -0.2) is 0 Å². The van der Waals surface area contributed by atoms with Crippen LogP contribution in [0.3, 0.4) is 0 Å². The molecular formula is C19H11N3S. The van der Waals surface area contributed by atoms with Crippen LogP contribution in [0.4, 0.5) is 0 Å². The lowest BCUT2D eigenvalue weighted by Gasteiger charge is -2.05. The van der Waals surface area contributed by atoms with Gasteiger partial charge in [-0.15, -0.1) is 11.3 Å². The molecule has 23 heavy (non-hydrogen) atoms. The molecule has 3 nitrogen and oxygen atoms in total. The van der Waals surface area contributed by atoms with Gasteiger partial charge in [0.15, 0.2) is 0 Å². The van der Waals surface area contributed by atoms with Crippen LogP contribution in [0.2, 0.25) is 0 Å². The second kappa shape index (κ2) is 4.83. The molecular weight excluding hydrogens is 302 g/mol. The van der Waals surface area contributed by atoms with E-state index in [1.807, 2.05) is 24.5 Å². The number of hydrogen-bond acceptors (Lipinski definition) is 4. The number of benzene rings is 1. The summed E-state index contributed by atoms with van der Waals surface area (Å²) in [6, 6.07) is 16.5. The minimum absolute atomic E-state index is 0.845. The van der Waals surface area contributed by atoms with Gasteiger partial charge >= 0.3 is 0 Å². The van der Waals surface area contributed by atoms with Crippen LogP contribution in [0.25, 0.3) is 42.5 Å². The van der Waals surface area contributed by atoms with Crippen LogP contribution in [0, 0.1) is 0 Å². The van der Waals surface area contributed by atoms with Crippen LogP contribution >= 0.6 is 11.3 Å². The maximum atomic E-state index is 4.65. The summed E-state index contributed by atoms with van der Waals surface area (Å²) in [5.74, 6) is 0. The fourth-order valence-corrected chi connectivity index (χ4v) is 4.13. The van der Waals surface area contributed by atoms with Crippen LogP contribution in [-0.2, 0) is 0 Å². The van der Waals surface area contributed by atoms with Gasteiger partial charge in [0.25, 0.3) is 0 Å². The summed E-state index contributed by atoms with van der Waals surface area (Å²) in [5, 5.41) is 3.47. The molecule has 5 rings (SSSR count). The number of rotatable bonds is 1. The van der Waals surface area contributed by atoms with Crippen molar-refractivity contribution in [2.24, 2.45) is 0 Å². The van der Waals surface area contributed by atoms with Gasteiger partial charge in [0, 0.05) is 44.1 Å². The highest BCUT2D eigenvalue weighted by molar-refractivity contribution is 7.25. The molecule has 0 radical (unpaired) electrons. The summed E-state index contributed by atoms with van der Waals surface area (Å²) in [7, 11) is 0. The zero-order chi connectivity index (χ0) is 15.2. The van der Waals surface area contributed by atoms with Crippen molar-refractivity contribution in [2.45, 2.75) is 0 Å². The predicted octanol–water partition coefficient (Wildman–Crippen LogP) is 5.06. The maximum Gasteiger partial charge on any atom is 0.115 e. The molecule has 0 unspecified atom stereocenters. The summed E-state index contributed by atoms with van der Waals surface area (Å²) in [4.78, 5) is 13.8. The van der Waals surface area contributed by atoms with E-state index in [1.165, 1.54) is 20.2 Å². The summed E-state index contributed by atoms with van der Waals surface area (Å²) in [6.45, 7) is 0. The molecule has 5 aromatic rings. The van der Waals surface area contributed by atoms with Crippen LogP contribution < -0.4 is 0 Å². The Morgan fingerprint density at radius 1 is 0.652 bits per heavy atom. The second-order valence-electron chi connectivity index (χ2n) is 5.37. The minimum atomic E-state index is 0.845. The maximum absolute atomic E-state index is 4.65. The molecule has 0 spiro atoms. The van der Waals surface area contributed by atoms with E-state index in [1.54, 1.807) is 17.5 Å². The highest BCUT2D eigenvalue weighted by Gasteiger charge is 2.15. The van der Waals surface area contributed by atoms with E-state index >= 15 is 0 Å². The first kappa shape index (κ1) is 12.7. The number of aromatic nitrogens is 3. The molecule has 0 saturated heterocycles. The fraction of sp³-hybridized carbons (Fsp3) is 0. The molecule has 1 aromatic carbocycles. The smallest absolute Gasteiger partial charge is 0.115 e. The summed E-state index contributed by atoms with van der Waals surface area (Å²) in [6.07, 6.45) is 5.49. The first-order valence-corrected chi connectivity index (χ1v) is 8.20. The lowest BCUT2D eigenvalue weighted by atomic mass is 10.1. The molecule has 0 atom stereocenters. The summed E-state index contributed by atoms with van der Waals surface area (Å²) >= 11 is 1.79. The van der Waals surface area contributed by atoms with Gasteiger partial charge in [-0.3, -0.25) is 15.0 Å². The van der Waals surface area contributed by atoms with E-state index in [-0.39, 0.29) is 0 Å². The molecule has 108 valence electrons. The van der Waals surface area contributed by atoms with E-state index in [2.05, 4.69) is 51.4 Å². The van der Waals surface area contributed by atoms with Gasteiger partial charge in [0.2, 0.25) is 0 Å². The van der Waals surface area contributed by atoms with E-state index in [0.29, 0.717) is 0 Å². The van der Waals surface area contributed by atoms with Crippen molar-refractivity contribution >= 4 is 42.4 Å². The van der Waals surface area contributed by atoms with Gasteiger partial charge in [0.1, 0.15) is 11.4 Å². The number of nitrogens with zero attached hydrogens (tertiary/aromatic N) is 3. The minimum Gasteiger partial charge on any atom is -0.254 e. The van der Waals surface area contributed by atoms with E-state index in [0.717, 1.165) is 22.3 Å². The number of fused-ring (bicyclic) bond motifs is 4. The monoisotopic (exact) mass is 313 g/mol. The first-order chi connectivity index (χ1) is 11.4. The van der Waals surface area contributed by atoms with Crippen LogP contribution in [0.15, 0.2) is 67.1 Å². The average Bonchev–Trinajstić information content (AvgIpc) is 3.00. The van der Waals surface area contributed by atoms with Crippen molar-refractivity contribution < 1.29 is 0 Å². The van der Waals surface area contributed by atoms with E-state index < -0.39 is 0 Å². The largest absolute Gasteiger partial charge is 0.254 e. The zero-order valence-corrected chi connectivity index (χ0v) is 12.9. The normalized spacial score (nSPS) is 11.5. The average molecular weight is 313 g/mol. The number of pyridine rings is 3. The van der Waals surface area contributed by atoms with Crippen molar-refractivity contribution in [2.75, 3.05) is 0 Å². The Hall–Kier alpha value is -2.85. The molecule has 0 bridgehead atoms. The standard InChI is InChI=1S/C19H11N3S/c1-2-6-14-13(5-1)16-15(23-14)8-11-21-18(16)19-17-12(7-10-22-19)4-3-9-20-17/h1-11H. The lowest BCUT2D eigenvalue weighted by Crippen LogP contribution is -1.91. The molecule has 4 heterocycles. The zero-order valence-electron chi connectivity index (χ0n) is 12.1. The molecule has 4 heteroatoms. The Morgan fingerprint density at radius 2 is 1.52 bits per heavy atom. The Labute approximate surface area is 136 Å². The SMILES string of the molecule is c1cnc2c(-c3nccc4sc5ccccc5c34)nccc2c1. The summed E-state index contributed by atoms with van der Waals surface area (Å²) < 4.78 is 2.50. The van der Waals surface area contributed by atoms with Crippen molar-refractivity contribution in [3.05, 3.63) is 67.1 Å². The number of thiophene rings is 1. The molecule has 0 amide bonds. The third-order valence-electron chi connectivity index (χ3n) is 4.03. The molecule has 0 fully saturated rings. The molecule has 0 N–H and O–H groups in total. The molecule has 0 aliphatic rings. The van der Waals surface area contributed by atoms with Gasteiger partial charge in [-0.05, 0) is 24.3 Å². The van der Waals surface area contributed by atoms with E-state index in [4.69, 9.17) is 0 Å². The fourth-order valence-electron chi connectivity index (χ4n) is 3.03. The topological polar surface area (TPSA) is 38.7 Å². The molecule has 4 aromatic heterocycles. The van der Waals surface area contributed by atoms with Gasteiger partial charge in [0.05, 0.1) is 5.52 Å². The predicted molar refractivity (Wildman–Crippen MR) is 95.7 cm³/mol. The Bertz CT molecular complexity index is 1170. The highest BCUT2D eigenvalue weighted by atomic mass is 32.1. The summed E-state index contributed by atoms with van der Waals surface area (Å²) in [5.41, 5.74) is 2.65. The van der Waals surface area contributed by atoms with Crippen molar-refractivity contribution in [1.82, 2.24) is 15.0 Å². The highest BCUT2D eigenvalue weighted by Crippen LogP contribution is 2.39. The van der Waals surface area contributed by atoms with Crippen molar-refractivity contribution in [1.29, 1.82) is 0 Å². The third kappa shape index (κ3) is 1.85. The van der Waals surface area contributed by atoms with Gasteiger partial charge < -0.3 is 0 Å². The van der Waals surface area contributed by atoms with Gasteiger partial charge in [-0.1, -0.05) is 24.3 Å². The first-order valence-electron chi connectivity index (χ1n) is 7.38.